The molecule has 0 spiro atoms. The zero-order chi connectivity index (χ0) is 10.9. The molecule has 1 unspecified atom stereocenters. The van der Waals surface area contributed by atoms with Crippen LogP contribution in [-0.4, -0.2) is 13.0 Å². The molecule has 1 atom stereocenters. The number of carbonyl (C=O) groups excluding carboxylic acids is 1. The lowest BCUT2D eigenvalue weighted by molar-refractivity contribution is -0.130. The van der Waals surface area contributed by atoms with E-state index < -0.39 is 0 Å². The van der Waals surface area contributed by atoms with Crippen LogP contribution in [0.2, 0.25) is 0 Å². The van der Waals surface area contributed by atoms with Gasteiger partial charge in [0.1, 0.15) is 0 Å². The number of rotatable bonds is 2. The summed E-state index contributed by atoms with van der Waals surface area (Å²) in [6.45, 7) is 12.8. The number of carbonyl (C=O) groups is 1. The molecule has 0 aromatic carbocycles. The fraction of sp³-hybridized carbons (Fsp3) is 0.909. The van der Waals surface area contributed by atoms with E-state index >= 15 is 0 Å². The smallest absolute Gasteiger partial charge is 0.223 e. The van der Waals surface area contributed by atoms with Gasteiger partial charge in [0.2, 0.25) is 5.91 Å². The van der Waals surface area contributed by atoms with Gasteiger partial charge in [-0.1, -0.05) is 41.5 Å². The highest BCUT2D eigenvalue weighted by Crippen LogP contribution is 2.43. The van der Waals surface area contributed by atoms with Crippen LogP contribution in [0.15, 0.2) is 0 Å². The van der Waals surface area contributed by atoms with Crippen LogP contribution >= 0.6 is 0 Å². The Labute approximate surface area is 82.1 Å². The van der Waals surface area contributed by atoms with Crippen molar-refractivity contribution in [2.24, 2.45) is 16.7 Å². The summed E-state index contributed by atoms with van der Waals surface area (Å²) >= 11 is 0. The first-order valence-corrected chi connectivity index (χ1v) is 4.86. The van der Waals surface area contributed by atoms with Crippen molar-refractivity contribution in [2.45, 2.75) is 41.5 Å². The second-order valence-corrected chi connectivity index (χ2v) is 5.31. The Hall–Kier alpha value is -0.530. The van der Waals surface area contributed by atoms with Gasteiger partial charge in [-0.05, 0) is 10.8 Å². The summed E-state index contributed by atoms with van der Waals surface area (Å²) in [7, 11) is 1.69. The molecule has 0 heterocycles. The fourth-order valence-electron chi connectivity index (χ4n) is 1.19. The van der Waals surface area contributed by atoms with Crippen molar-refractivity contribution in [3.05, 3.63) is 0 Å². The molecule has 2 heteroatoms. The molecule has 0 aliphatic carbocycles. The van der Waals surface area contributed by atoms with Crippen molar-refractivity contribution in [1.29, 1.82) is 0 Å². The lowest BCUT2D eigenvalue weighted by atomic mass is 9.62. The molecule has 0 aromatic rings. The first-order chi connectivity index (χ1) is 5.64. The van der Waals surface area contributed by atoms with Gasteiger partial charge in [0.15, 0.2) is 0 Å². The average Bonchev–Trinajstić information content (AvgIpc) is 1.99. The molecule has 0 saturated heterocycles. The Balaban J connectivity index is 4.74. The summed E-state index contributed by atoms with van der Waals surface area (Å²) in [5, 5.41) is 2.70. The number of amides is 1. The minimum Gasteiger partial charge on any atom is -0.359 e. The van der Waals surface area contributed by atoms with E-state index in [2.05, 4.69) is 39.9 Å². The third-order valence-corrected chi connectivity index (χ3v) is 3.66. The van der Waals surface area contributed by atoms with E-state index in [4.69, 9.17) is 0 Å². The first kappa shape index (κ1) is 12.5. The van der Waals surface area contributed by atoms with Gasteiger partial charge in [-0.15, -0.1) is 0 Å². The van der Waals surface area contributed by atoms with Crippen LogP contribution < -0.4 is 5.32 Å². The summed E-state index contributed by atoms with van der Waals surface area (Å²) in [5.41, 5.74) is 0.145. The van der Waals surface area contributed by atoms with Crippen LogP contribution in [0.5, 0.6) is 0 Å². The van der Waals surface area contributed by atoms with Crippen molar-refractivity contribution in [2.75, 3.05) is 7.05 Å². The van der Waals surface area contributed by atoms with Crippen molar-refractivity contribution in [3.63, 3.8) is 0 Å². The van der Waals surface area contributed by atoms with Gasteiger partial charge in [0.25, 0.3) is 0 Å². The molecule has 13 heavy (non-hydrogen) atoms. The summed E-state index contributed by atoms with van der Waals surface area (Å²) in [5.74, 6) is 0.164. The predicted octanol–water partition coefficient (Wildman–Crippen LogP) is 2.44. The summed E-state index contributed by atoms with van der Waals surface area (Å²) < 4.78 is 0. The third kappa shape index (κ3) is 2.45. The van der Waals surface area contributed by atoms with Crippen LogP contribution in [0.1, 0.15) is 41.5 Å². The summed E-state index contributed by atoms with van der Waals surface area (Å²) in [4.78, 5) is 11.5. The van der Waals surface area contributed by atoms with E-state index in [0.29, 0.717) is 0 Å². The van der Waals surface area contributed by atoms with E-state index in [9.17, 15) is 4.79 Å². The quantitative estimate of drug-likeness (QED) is 0.703. The number of nitrogens with one attached hydrogen (secondary N) is 1. The van der Waals surface area contributed by atoms with Crippen LogP contribution in [0.4, 0.5) is 0 Å². The Morgan fingerprint density at radius 3 is 1.77 bits per heavy atom. The van der Waals surface area contributed by atoms with E-state index in [0.717, 1.165) is 0 Å². The highest BCUT2D eigenvalue weighted by atomic mass is 16.1. The van der Waals surface area contributed by atoms with Crippen molar-refractivity contribution >= 4 is 5.91 Å². The lowest BCUT2D eigenvalue weighted by Crippen LogP contribution is -2.43. The summed E-state index contributed by atoms with van der Waals surface area (Å²) in [6.07, 6.45) is 0. The molecule has 0 aromatic heterocycles. The Morgan fingerprint density at radius 1 is 1.15 bits per heavy atom. The van der Waals surface area contributed by atoms with Gasteiger partial charge in [-0.3, -0.25) is 4.79 Å². The highest BCUT2D eigenvalue weighted by molar-refractivity contribution is 5.78. The van der Waals surface area contributed by atoms with Gasteiger partial charge in [0, 0.05) is 13.0 Å². The lowest BCUT2D eigenvalue weighted by Gasteiger charge is -2.42. The molecule has 1 amide bonds. The maximum atomic E-state index is 11.5. The molecular formula is C11H23NO. The molecule has 0 fully saturated rings. The Kier molecular flexibility index (Phi) is 3.54. The molecular weight excluding hydrogens is 162 g/mol. The van der Waals surface area contributed by atoms with E-state index in [-0.39, 0.29) is 22.7 Å². The second-order valence-electron chi connectivity index (χ2n) is 5.31. The molecule has 1 N–H and O–H groups in total. The van der Waals surface area contributed by atoms with E-state index in [1.54, 1.807) is 7.05 Å². The van der Waals surface area contributed by atoms with Gasteiger partial charge < -0.3 is 5.32 Å². The molecule has 0 radical (unpaired) electrons. The molecule has 78 valence electrons. The van der Waals surface area contributed by atoms with E-state index in [1.165, 1.54) is 0 Å². The number of hydrogen-bond donors (Lipinski definition) is 1. The third-order valence-electron chi connectivity index (χ3n) is 3.66. The normalized spacial score (nSPS) is 15.3. The standard InChI is InChI=1S/C11H23NO/c1-8(9(13)12-7)11(5,6)10(2,3)4/h8H,1-7H3,(H,12,13). The molecule has 0 saturated carbocycles. The molecule has 2 nitrogen and oxygen atoms in total. The monoisotopic (exact) mass is 185 g/mol. The Bertz CT molecular complexity index is 189. The molecule has 0 rings (SSSR count). The minimum absolute atomic E-state index is 0.00704. The van der Waals surface area contributed by atoms with Gasteiger partial charge >= 0.3 is 0 Å². The first-order valence-electron chi connectivity index (χ1n) is 4.86. The van der Waals surface area contributed by atoms with Gasteiger partial charge in [-0.2, -0.15) is 0 Å². The zero-order valence-corrected chi connectivity index (χ0v) is 9.99. The van der Waals surface area contributed by atoms with Crippen LogP contribution in [0.3, 0.4) is 0 Å². The highest BCUT2D eigenvalue weighted by Gasteiger charge is 2.40. The molecule has 0 aliphatic heterocycles. The van der Waals surface area contributed by atoms with Crippen molar-refractivity contribution in [3.8, 4) is 0 Å². The minimum atomic E-state index is 0.00704. The van der Waals surface area contributed by atoms with Crippen LogP contribution in [-0.2, 0) is 4.79 Å². The second kappa shape index (κ2) is 3.69. The average molecular weight is 185 g/mol. The van der Waals surface area contributed by atoms with Crippen molar-refractivity contribution in [1.82, 2.24) is 5.32 Å². The SMILES string of the molecule is CNC(=O)C(C)C(C)(C)C(C)(C)C. The van der Waals surface area contributed by atoms with Gasteiger partial charge in [-0.25, -0.2) is 0 Å². The fourth-order valence-corrected chi connectivity index (χ4v) is 1.19. The predicted molar refractivity (Wildman–Crippen MR) is 56.5 cm³/mol. The van der Waals surface area contributed by atoms with Crippen LogP contribution in [0.25, 0.3) is 0 Å². The Morgan fingerprint density at radius 2 is 1.54 bits per heavy atom. The van der Waals surface area contributed by atoms with E-state index in [1.807, 2.05) is 6.92 Å². The molecule has 0 aliphatic rings. The molecule has 0 bridgehead atoms. The van der Waals surface area contributed by atoms with Gasteiger partial charge in [0.05, 0.1) is 0 Å². The maximum absolute atomic E-state index is 11.5. The summed E-state index contributed by atoms with van der Waals surface area (Å²) in [6, 6.07) is 0. The number of hydrogen-bond acceptors (Lipinski definition) is 1. The topological polar surface area (TPSA) is 29.1 Å². The maximum Gasteiger partial charge on any atom is 0.223 e. The van der Waals surface area contributed by atoms with Crippen molar-refractivity contribution < 1.29 is 4.79 Å². The zero-order valence-electron chi connectivity index (χ0n) is 9.99. The largest absolute Gasteiger partial charge is 0.359 e. The van der Waals surface area contributed by atoms with Crippen LogP contribution in [0, 0.1) is 16.7 Å².